The number of nitrogens with one attached hydrogen (secondary N) is 1. The maximum atomic E-state index is 12.0. The summed E-state index contributed by atoms with van der Waals surface area (Å²) in [6, 6.07) is 1.52. The molecule has 0 radical (unpaired) electrons. The molecule has 1 aromatic rings. The molecular weight excluding hydrogens is 208 g/mol. The summed E-state index contributed by atoms with van der Waals surface area (Å²) in [5.41, 5.74) is -0.143. The Hall–Kier alpha value is -1.62. The summed E-state index contributed by atoms with van der Waals surface area (Å²) in [6.07, 6.45) is 4.82. The second-order valence-electron chi connectivity index (χ2n) is 3.88. The molecular formula is C11H14N2O3. The van der Waals surface area contributed by atoms with E-state index in [1.165, 1.54) is 18.5 Å². The lowest BCUT2D eigenvalue weighted by Crippen LogP contribution is -2.37. The van der Waals surface area contributed by atoms with Crippen molar-refractivity contribution in [3.63, 3.8) is 0 Å². The van der Waals surface area contributed by atoms with Crippen molar-refractivity contribution in [2.24, 2.45) is 0 Å². The first-order valence-electron chi connectivity index (χ1n) is 5.33. The van der Waals surface area contributed by atoms with Crippen LogP contribution in [0.5, 0.6) is 0 Å². The van der Waals surface area contributed by atoms with E-state index < -0.39 is 0 Å². The standard InChI is InChI=1S/C11H14N2O3/c14-6-5-13(8-1-2-8)11(16)9-7-12-4-3-10(9)15/h3-4,7-8,14H,1-2,5-6H2,(H,12,15). The van der Waals surface area contributed by atoms with Gasteiger partial charge in [0.15, 0.2) is 5.43 Å². The molecule has 2 N–H and O–H groups in total. The van der Waals surface area contributed by atoms with Crippen LogP contribution in [-0.2, 0) is 0 Å². The van der Waals surface area contributed by atoms with Gasteiger partial charge in [-0.3, -0.25) is 9.59 Å². The smallest absolute Gasteiger partial charge is 0.259 e. The molecule has 1 aliphatic rings. The van der Waals surface area contributed by atoms with Gasteiger partial charge in [-0.2, -0.15) is 0 Å². The predicted molar refractivity (Wildman–Crippen MR) is 58.2 cm³/mol. The molecule has 0 aliphatic heterocycles. The van der Waals surface area contributed by atoms with Crippen molar-refractivity contribution >= 4 is 5.91 Å². The maximum absolute atomic E-state index is 12.0. The van der Waals surface area contributed by atoms with Gasteiger partial charge >= 0.3 is 0 Å². The molecule has 5 heteroatoms. The molecule has 0 bridgehead atoms. The number of hydrogen-bond donors (Lipinski definition) is 2. The zero-order chi connectivity index (χ0) is 11.5. The van der Waals surface area contributed by atoms with E-state index in [0.29, 0.717) is 0 Å². The first-order valence-corrected chi connectivity index (χ1v) is 5.33. The molecule has 2 rings (SSSR count). The highest BCUT2D eigenvalue weighted by Gasteiger charge is 2.33. The average molecular weight is 222 g/mol. The number of aromatic nitrogens is 1. The molecule has 1 heterocycles. The zero-order valence-electron chi connectivity index (χ0n) is 8.85. The Balaban J connectivity index is 2.22. The molecule has 1 aromatic heterocycles. The third kappa shape index (κ3) is 2.14. The normalized spacial score (nSPS) is 14.8. The Labute approximate surface area is 92.7 Å². The Morgan fingerprint density at radius 3 is 2.88 bits per heavy atom. The Kier molecular flexibility index (Phi) is 3.05. The number of aliphatic hydroxyl groups is 1. The molecule has 1 aliphatic carbocycles. The monoisotopic (exact) mass is 222 g/mol. The second kappa shape index (κ2) is 4.49. The van der Waals surface area contributed by atoms with E-state index in [1.807, 2.05) is 0 Å². The minimum atomic E-state index is -0.293. The lowest BCUT2D eigenvalue weighted by molar-refractivity contribution is 0.0706. The summed E-state index contributed by atoms with van der Waals surface area (Å²) in [6.45, 7) is 0.213. The van der Waals surface area contributed by atoms with E-state index in [2.05, 4.69) is 4.98 Å². The number of hydrogen-bond acceptors (Lipinski definition) is 3. The fourth-order valence-corrected chi connectivity index (χ4v) is 1.68. The van der Waals surface area contributed by atoms with Gasteiger partial charge in [0.1, 0.15) is 5.56 Å². The molecule has 86 valence electrons. The zero-order valence-corrected chi connectivity index (χ0v) is 8.85. The topological polar surface area (TPSA) is 73.4 Å². The number of aromatic amines is 1. The number of nitrogens with zero attached hydrogens (tertiary/aromatic N) is 1. The number of amides is 1. The second-order valence-corrected chi connectivity index (χ2v) is 3.88. The molecule has 0 atom stereocenters. The van der Waals surface area contributed by atoms with Crippen LogP contribution in [0.15, 0.2) is 23.3 Å². The predicted octanol–water partition coefficient (Wildman–Crippen LogP) is -0.0282. The lowest BCUT2D eigenvalue weighted by atomic mass is 10.2. The van der Waals surface area contributed by atoms with Crippen LogP contribution in [0.1, 0.15) is 23.2 Å². The highest BCUT2D eigenvalue weighted by Crippen LogP contribution is 2.27. The third-order valence-corrected chi connectivity index (χ3v) is 2.64. The molecule has 1 saturated carbocycles. The van der Waals surface area contributed by atoms with E-state index in [9.17, 15) is 9.59 Å². The largest absolute Gasteiger partial charge is 0.395 e. The average Bonchev–Trinajstić information content (AvgIpc) is 3.09. The summed E-state index contributed by atoms with van der Waals surface area (Å²) in [7, 11) is 0. The molecule has 1 amide bonds. The SMILES string of the molecule is O=C(c1c[nH]ccc1=O)N(CCO)C1CC1. The molecule has 1 fully saturated rings. The van der Waals surface area contributed by atoms with Crippen molar-refractivity contribution < 1.29 is 9.90 Å². The van der Waals surface area contributed by atoms with E-state index in [1.54, 1.807) is 4.90 Å². The highest BCUT2D eigenvalue weighted by atomic mass is 16.3. The van der Waals surface area contributed by atoms with Gasteiger partial charge in [-0.15, -0.1) is 0 Å². The number of pyridine rings is 1. The van der Waals surface area contributed by atoms with Gasteiger partial charge in [0.2, 0.25) is 0 Å². The Morgan fingerprint density at radius 1 is 1.56 bits per heavy atom. The Bertz CT molecular complexity index is 437. The van der Waals surface area contributed by atoms with Gasteiger partial charge in [-0.05, 0) is 12.8 Å². The minimum Gasteiger partial charge on any atom is -0.395 e. The van der Waals surface area contributed by atoms with Crippen LogP contribution in [0.4, 0.5) is 0 Å². The van der Waals surface area contributed by atoms with Crippen molar-refractivity contribution in [2.45, 2.75) is 18.9 Å². The number of rotatable bonds is 4. The lowest BCUT2D eigenvalue weighted by Gasteiger charge is -2.20. The first kappa shape index (κ1) is 10.9. The van der Waals surface area contributed by atoms with Gasteiger partial charge in [-0.25, -0.2) is 0 Å². The van der Waals surface area contributed by atoms with Gasteiger partial charge < -0.3 is 15.0 Å². The van der Waals surface area contributed by atoms with Gasteiger partial charge in [0.25, 0.3) is 5.91 Å². The van der Waals surface area contributed by atoms with Gasteiger partial charge in [-0.1, -0.05) is 0 Å². The summed E-state index contributed by atoms with van der Waals surface area (Å²) in [5, 5.41) is 8.90. The number of carbonyl (C=O) groups is 1. The van der Waals surface area contributed by atoms with Crippen molar-refractivity contribution in [1.29, 1.82) is 0 Å². The number of aliphatic hydroxyl groups excluding tert-OH is 1. The van der Waals surface area contributed by atoms with Crippen molar-refractivity contribution in [2.75, 3.05) is 13.2 Å². The minimum absolute atomic E-state index is 0.0764. The number of carbonyl (C=O) groups excluding carboxylic acids is 1. The fourth-order valence-electron chi connectivity index (χ4n) is 1.68. The van der Waals surface area contributed by atoms with E-state index in [-0.39, 0.29) is 36.1 Å². The Morgan fingerprint density at radius 2 is 2.31 bits per heavy atom. The van der Waals surface area contributed by atoms with Crippen molar-refractivity contribution in [1.82, 2.24) is 9.88 Å². The van der Waals surface area contributed by atoms with Crippen LogP contribution >= 0.6 is 0 Å². The van der Waals surface area contributed by atoms with Crippen LogP contribution in [0.2, 0.25) is 0 Å². The molecule has 5 nitrogen and oxygen atoms in total. The summed E-state index contributed by atoms with van der Waals surface area (Å²) in [4.78, 5) is 27.8. The fraction of sp³-hybridized carbons (Fsp3) is 0.455. The van der Waals surface area contributed by atoms with Crippen LogP contribution < -0.4 is 5.43 Å². The van der Waals surface area contributed by atoms with E-state index >= 15 is 0 Å². The van der Waals surface area contributed by atoms with Crippen LogP contribution in [0.3, 0.4) is 0 Å². The summed E-state index contributed by atoms with van der Waals surface area (Å²) >= 11 is 0. The first-order chi connectivity index (χ1) is 7.74. The number of H-pyrrole nitrogens is 1. The molecule has 16 heavy (non-hydrogen) atoms. The quantitative estimate of drug-likeness (QED) is 0.751. The molecule has 0 unspecified atom stereocenters. The van der Waals surface area contributed by atoms with Gasteiger partial charge in [0, 0.05) is 31.0 Å². The van der Waals surface area contributed by atoms with Crippen LogP contribution in [0, 0.1) is 0 Å². The van der Waals surface area contributed by atoms with Crippen molar-refractivity contribution in [3.8, 4) is 0 Å². The third-order valence-electron chi connectivity index (χ3n) is 2.64. The van der Waals surface area contributed by atoms with Crippen LogP contribution in [0.25, 0.3) is 0 Å². The highest BCUT2D eigenvalue weighted by molar-refractivity contribution is 5.94. The molecule has 0 spiro atoms. The van der Waals surface area contributed by atoms with Gasteiger partial charge in [0.05, 0.1) is 6.61 Å². The molecule has 0 aromatic carbocycles. The summed E-state index contributed by atoms with van der Waals surface area (Å²) in [5.74, 6) is -0.293. The summed E-state index contributed by atoms with van der Waals surface area (Å²) < 4.78 is 0. The maximum Gasteiger partial charge on any atom is 0.259 e. The van der Waals surface area contributed by atoms with E-state index in [0.717, 1.165) is 12.8 Å². The van der Waals surface area contributed by atoms with Crippen LogP contribution in [-0.4, -0.2) is 40.1 Å². The van der Waals surface area contributed by atoms with Crippen molar-refractivity contribution in [3.05, 3.63) is 34.2 Å². The molecule has 0 saturated heterocycles. The van der Waals surface area contributed by atoms with E-state index in [4.69, 9.17) is 5.11 Å².